The predicted molar refractivity (Wildman–Crippen MR) is 93.2 cm³/mol. The third-order valence-corrected chi connectivity index (χ3v) is 3.55. The van der Waals surface area contributed by atoms with Crippen molar-refractivity contribution in [3.63, 3.8) is 0 Å². The van der Waals surface area contributed by atoms with Crippen LogP contribution in [0.15, 0.2) is 48.5 Å². The van der Waals surface area contributed by atoms with Crippen molar-refractivity contribution in [2.75, 3.05) is 26.2 Å². The molecule has 2 aromatic rings. The van der Waals surface area contributed by atoms with Gasteiger partial charge in [-0.15, -0.1) is 0 Å². The van der Waals surface area contributed by atoms with Gasteiger partial charge in [0.2, 0.25) is 0 Å². The Balaban J connectivity index is 2.14. The highest BCUT2D eigenvalue weighted by molar-refractivity contribution is 6.03. The van der Waals surface area contributed by atoms with Crippen molar-refractivity contribution in [3.05, 3.63) is 59.7 Å². The second-order valence-corrected chi connectivity index (χ2v) is 5.18. The number of carbonyl (C=O) groups is 1. The largest absolute Gasteiger partial charge is 0.493 e. The van der Waals surface area contributed by atoms with Crippen molar-refractivity contribution in [1.82, 2.24) is 0 Å². The molecule has 1 amide bonds. The smallest absolute Gasteiger partial charge is 0.250 e. The normalized spacial score (nSPS) is 10.6. The van der Waals surface area contributed by atoms with Crippen LogP contribution < -0.4 is 14.4 Å². The number of amides is 1. The average molecular weight is 311 g/mol. The summed E-state index contributed by atoms with van der Waals surface area (Å²) in [6.45, 7) is 2.00. The van der Waals surface area contributed by atoms with E-state index in [0.29, 0.717) is 11.5 Å². The minimum Gasteiger partial charge on any atom is -0.493 e. The van der Waals surface area contributed by atoms with Gasteiger partial charge in [-0.25, -0.2) is 0 Å². The van der Waals surface area contributed by atoms with Crippen LogP contribution in [0.2, 0.25) is 0 Å². The van der Waals surface area contributed by atoms with Gasteiger partial charge in [0.15, 0.2) is 11.5 Å². The first-order chi connectivity index (χ1) is 11.0. The molecule has 0 N–H and O–H groups in total. The van der Waals surface area contributed by atoms with Crippen LogP contribution in [0.25, 0.3) is 6.08 Å². The number of rotatable bonds is 5. The summed E-state index contributed by atoms with van der Waals surface area (Å²) in [4.78, 5) is 13.9. The molecule has 0 heterocycles. The van der Waals surface area contributed by atoms with E-state index >= 15 is 0 Å². The third-order valence-electron chi connectivity index (χ3n) is 3.55. The fraction of sp³-hybridized carbons (Fsp3) is 0.211. The Morgan fingerprint density at radius 2 is 1.78 bits per heavy atom. The molecule has 2 aromatic carbocycles. The molecule has 0 atom stereocenters. The summed E-state index contributed by atoms with van der Waals surface area (Å²) in [6.07, 6.45) is 3.31. The van der Waals surface area contributed by atoms with Gasteiger partial charge in [0, 0.05) is 18.8 Å². The second-order valence-electron chi connectivity index (χ2n) is 5.18. The van der Waals surface area contributed by atoms with Crippen molar-refractivity contribution in [2.24, 2.45) is 0 Å². The summed E-state index contributed by atoms with van der Waals surface area (Å²) in [5, 5.41) is 0. The molecule has 0 aliphatic rings. The molecule has 0 saturated carbocycles. The minimum atomic E-state index is -0.0922. The van der Waals surface area contributed by atoms with Gasteiger partial charge in [-0.05, 0) is 48.4 Å². The van der Waals surface area contributed by atoms with E-state index < -0.39 is 0 Å². The molecule has 0 spiro atoms. The third kappa shape index (κ3) is 4.13. The maximum atomic E-state index is 12.3. The zero-order chi connectivity index (χ0) is 16.8. The Bertz CT molecular complexity index is 722. The summed E-state index contributed by atoms with van der Waals surface area (Å²) in [6, 6.07) is 13.3. The molecule has 0 aliphatic heterocycles. The highest BCUT2D eigenvalue weighted by atomic mass is 16.5. The van der Waals surface area contributed by atoms with Gasteiger partial charge in [0.25, 0.3) is 5.91 Å². The van der Waals surface area contributed by atoms with Crippen LogP contribution in [-0.2, 0) is 4.79 Å². The second kappa shape index (κ2) is 7.49. The summed E-state index contributed by atoms with van der Waals surface area (Å²) in [7, 11) is 4.94. The van der Waals surface area contributed by atoms with E-state index in [2.05, 4.69) is 0 Å². The van der Waals surface area contributed by atoms with E-state index in [1.165, 1.54) is 0 Å². The first-order valence-electron chi connectivity index (χ1n) is 7.29. The summed E-state index contributed by atoms with van der Waals surface area (Å²) in [5.41, 5.74) is 2.85. The number of carbonyl (C=O) groups excluding carboxylic acids is 1. The van der Waals surface area contributed by atoms with Gasteiger partial charge >= 0.3 is 0 Å². The Morgan fingerprint density at radius 3 is 2.43 bits per heavy atom. The Kier molecular flexibility index (Phi) is 5.41. The molecular weight excluding hydrogens is 290 g/mol. The quantitative estimate of drug-likeness (QED) is 0.791. The van der Waals surface area contributed by atoms with Crippen molar-refractivity contribution in [3.8, 4) is 11.5 Å². The molecule has 0 radical (unpaired) electrons. The number of benzene rings is 2. The summed E-state index contributed by atoms with van der Waals surface area (Å²) >= 11 is 0. The van der Waals surface area contributed by atoms with E-state index in [4.69, 9.17) is 9.47 Å². The van der Waals surface area contributed by atoms with Crippen LogP contribution in [0.4, 0.5) is 5.69 Å². The zero-order valence-corrected chi connectivity index (χ0v) is 13.9. The molecule has 0 saturated heterocycles. The maximum absolute atomic E-state index is 12.3. The van der Waals surface area contributed by atoms with Crippen molar-refractivity contribution in [2.45, 2.75) is 6.92 Å². The molecule has 0 unspecified atom stereocenters. The number of nitrogens with zero attached hydrogens (tertiary/aromatic N) is 1. The number of ether oxygens (including phenoxy) is 2. The average Bonchev–Trinajstić information content (AvgIpc) is 2.58. The standard InChI is InChI=1S/C19H21NO3/c1-14-6-5-7-16(12-14)20(2)19(21)11-9-15-8-10-17(22-3)18(13-15)23-4/h5-13H,1-4H3. The maximum Gasteiger partial charge on any atom is 0.250 e. The van der Waals surface area contributed by atoms with E-state index in [-0.39, 0.29) is 5.91 Å². The van der Waals surface area contributed by atoms with Gasteiger partial charge < -0.3 is 14.4 Å². The van der Waals surface area contributed by atoms with Crippen LogP contribution in [0.5, 0.6) is 11.5 Å². The number of methoxy groups -OCH3 is 2. The molecule has 0 bridgehead atoms. The van der Waals surface area contributed by atoms with Crippen molar-refractivity contribution >= 4 is 17.7 Å². The van der Waals surface area contributed by atoms with Gasteiger partial charge in [0.1, 0.15) is 0 Å². The Labute approximate surface area is 137 Å². The SMILES string of the molecule is COc1ccc(C=CC(=O)N(C)c2cccc(C)c2)cc1OC. The number of likely N-dealkylation sites (N-methyl/N-ethyl adjacent to an activating group) is 1. The van der Waals surface area contributed by atoms with Crippen LogP contribution in [0.3, 0.4) is 0 Å². The molecule has 23 heavy (non-hydrogen) atoms. The molecule has 0 aromatic heterocycles. The summed E-state index contributed by atoms with van der Waals surface area (Å²) in [5.74, 6) is 1.20. The predicted octanol–water partition coefficient (Wildman–Crippen LogP) is 3.69. The van der Waals surface area contributed by atoms with E-state index in [1.807, 2.05) is 49.4 Å². The Hall–Kier alpha value is -2.75. The monoisotopic (exact) mass is 311 g/mol. The van der Waals surface area contributed by atoms with E-state index in [9.17, 15) is 4.79 Å². The van der Waals surface area contributed by atoms with Crippen LogP contribution >= 0.6 is 0 Å². The van der Waals surface area contributed by atoms with Crippen LogP contribution in [0, 0.1) is 6.92 Å². The van der Waals surface area contributed by atoms with Crippen molar-refractivity contribution in [1.29, 1.82) is 0 Å². The van der Waals surface area contributed by atoms with Gasteiger partial charge in [-0.2, -0.15) is 0 Å². The Morgan fingerprint density at radius 1 is 1.04 bits per heavy atom. The van der Waals surface area contributed by atoms with E-state index in [0.717, 1.165) is 16.8 Å². The highest BCUT2D eigenvalue weighted by Gasteiger charge is 2.08. The molecule has 4 nitrogen and oxygen atoms in total. The minimum absolute atomic E-state index is 0.0922. The number of anilines is 1. The highest BCUT2D eigenvalue weighted by Crippen LogP contribution is 2.28. The first-order valence-corrected chi connectivity index (χ1v) is 7.29. The molecule has 0 aliphatic carbocycles. The zero-order valence-electron chi connectivity index (χ0n) is 13.9. The fourth-order valence-corrected chi connectivity index (χ4v) is 2.20. The van der Waals surface area contributed by atoms with Crippen LogP contribution in [0.1, 0.15) is 11.1 Å². The van der Waals surface area contributed by atoms with E-state index in [1.54, 1.807) is 38.3 Å². The lowest BCUT2D eigenvalue weighted by molar-refractivity contribution is -0.113. The first kappa shape index (κ1) is 16.6. The number of hydrogen-bond acceptors (Lipinski definition) is 3. The molecule has 120 valence electrons. The number of hydrogen-bond donors (Lipinski definition) is 0. The molecule has 4 heteroatoms. The number of aryl methyl sites for hydroxylation is 1. The van der Waals surface area contributed by atoms with Gasteiger partial charge in [0.05, 0.1) is 14.2 Å². The summed E-state index contributed by atoms with van der Waals surface area (Å²) < 4.78 is 10.5. The van der Waals surface area contributed by atoms with Gasteiger partial charge in [-0.1, -0.05) is 18.2 Å². The van der Waals surface area contributed by atoms with Gasteiger partial charge in [-0.3, -0.25) is 4.79 Å². The topological polar surface area (TPSA) is 38.8 Å². The molecule has 2 rings (SSSR count). The molecule has 0 fully saturated rings. The van der Waals surface area contributed by atoms with Crippen molar-refractivity contribution < 1.29 is 14.3 Å². The lowest BCUT2D eigenvalue weighted by Gasteiger charge is -2.15. The lowest BCUT2D eigenvalue weighted by Crippen LogP contribution is -2.23. The molecular formula is C19H21NO3. The van der Waals surface area contributed by atoms with Crippen LogP contribution in [-0.4, -0.2) is 27.2 Å². The fourth-order valence-electron chi connectivity index (χ4n) is 2.20. The lowest BCUT2D eigenvalue weighted by atomic mass is 10.1.